The standard InChI is InChI=1S/C15H24ClN3O/c1-5-19(10-14(20)18-11(2)3)15-12(9-17-4)7-6-8-13(15)16/h6-8,11,17H,5,9-10H2,1-4H3,(H,18,20). The number of carbonyl (C=O) groups excluding carboxylic acids is 1. The van der Waals surface area contributed by atoms with Gasteiger partial charge in [-0.05, 0) is 39.4 Å². The van der Waals surface area contributed by atoms with Gasteiger partial charge in [0.25, 0.3) is 0 Å². The third-order valence-electron chi connectivity index (χ3n) is 2.92. The van der Waals surface area contributed by atoms with E-state index in [4.69, 9.17) is 11.6 Å². The highest BCUT2D eigenvalue weighted by molar-refractivity contribution is 6.33. The van der Waals surface area contributed by atoms with E-state index in [1.54, 1.807) is 0 Å². The van der Waals surface area contributed by atoms with Gasteiger partial charge in [-0.2, -0.15) is 0 Å². The minimum absolute atomic E-state index is 0.0113. The van der Waals surface area contributed by atoms with Crippen molar-refractivity contribution in [2.75, 3.05) is 25.0 Å². The fourth-order valence-electron chi connectivity index (χ4n) is 2.14. The topological polar surface area (TPSA) is 44.4 Å². The SMILES string of the molecule is CCN(CC(=O)NC(C)C)c1c(Cl)cccc1CNC. The Morgan fingerprint density at radius 3 is 2.65 bits per heavy atom. The maximum atomic E-state index is 12.0. The molecule has 4 nitrogen and oxygen atoms in total. The van der Waals surface area contributed by atoms with E-state index < -0.39 is 0 Å². The van der Waals surface area contributed by atoms with Crippen molar-refractivity contribution in [1.29, 1.82) is 0 Å². The van der Waals surface area contributed by atoms with E-state index in [0.29, 0.717) is 11.6 Å². The first-order chi connectivity index (χ1) is 9.49. The Labute approximate surface area is 126 Å². The third kappa shape index (κ3) is 4.69. The molecule has 1 aromatic carbocycles. The molecule has 1 amide bonds. The zero-order valence-corrected chi connectivity index (χ0v) is 13.4. The Balaban J connectivity index is 2.96. The van der Waals surface area contributed by atoms with Crippen LogP contribution in [0.25, 0.3) is 0 Å². The second-order valence-corrected chi connectivity index (χ2v) is 5.42. The van der Waals surface area contributed by atoms with Crippen LogP contribution in [0.1, 0.15) is 26.3 Å². The van der Waals surface area contributed by atoms with Crippen LogP contribution >= 0.6 is 11.6 Å². The highest BCUT2D eigenvalue weighted by Crippen LogP contribution is 2.29. The van der Waals surface area contributed by atoms with Crippen LogP contribution in [0, 0.1) is 0 Å². The Hall–Kier alpha value is -1.26. The summed E-state index contributed by atoms with van der Waals surface area (Å²) in [6.45, 7) is 7.70. The molecule has 1 rings (SSSR count). The highest BCUT2D eigenvalue weighted by Gasteiger charge is 2.16. The molecule has 0 radical (unpaired) electrons. The molecule has 0 unspecified atom stereocenters. The lowest BCUT2D eigenvalue weighted by molar-refractivity contribution is -0.120. The zero-order valence-electron chi connectivity index (χ0n) is 12.7. The van der Waals surface area contributed by atoms with Gasteiger partial charge in [0.1, 0.15) is 0 Å². The first kappa shape index (κ1) is 16.8. The van der Waals surface area contributed by atoms with Gasteiger partial charge in [0.15, 0.2) is 0 Å². The van der Waals surface area contributed by atoms with E-state index in [1.807, 2.05) is 50.9 Å². The van der Waals surface area contributed by atoms with Gasteiger partial charge in [-0.15, -0.1) is 0 Å². The minimum atomic E-state index is 0.0113. The van der Waals surface area contributed by atoms with Gasteiger partial charge >= 0.3 is 0 Å². The number of carbonyl (C=O) groups is 1. The summed E-state index contributed by atoms with van der Waals surface area (Å²) in [5.74, 6) is 0.0113. The summed E-state index contributed by atoms with van der Waals surface area (Å²) < 4.78 is 0. The number of anilines is 1. The molecule has 0 saturated carbocycles. The molecule has 0 bridgehead atoms. The van der Waals surface area contributed by atoms with Crippen LogP contribution in [0.4, 0.5) is 5.69 Å². The van der Waals surface area contributed by atoms with E-state index in [2.05, 4.69) is 10.6 Å². The molecule has 0 saturated heterocycles. The van der Waals surface area contributed by atoms with Crippen LogP contribution in [0.15, 0.2) is 18.2 Å². The van der Waals surface area contributed by atoms with Crippen molar-refractivity contribution in [3.8, 4) is 0 Å². The molecule has 0 spiro atoms. The molecule has 0 heterocycles. The quantitative estimate of drug-likeness (QED) is 0.812. The number of rotatable bonds is 7. The van der Waals surface area contributed by atoms with Crippen molar-refractivity contribution in [3.05, 3.63) is 28.8 Å². The molecule has 0 aliphatic heterocycles. The number of amides is 1. The van der Waals surface area contributed by atoms with E-state index in [1.165, 1.54) is 0 Å². The van der Waals surface area contributed by atoms with Crippen LogP contribution in [0.3, 0.4) is 0 Å². The normalized spacial score (nSPS) is 10.7. The van der Waals surface area contributed by atoms with Gasteiger partial charge in [0.05, 0.1) is 17.3 Å². The zero-order chi connectivity index (χ0) is 15.1. The summed E-state index contributed by atoms with van der Waals surface area (Å²) in [4.78, 5) is 14.0. The molecular formula is C15H24ClN3O. The molecule has 20 heavy (non-hydrogen) atoms. The summed E-state index contributed by atoms with van der Waals surface area (Å²) in [5, 5.41) is 6.72. The molecule has 0 fully saturated rings. The van der Waals surface area contributed by atoms with Crippen LogP contribution in [0.2, 0.25) is 5.02 Å². The van der Waals surface area contributed by atoms with E-state index in [0.717, 1.165) is 24.3 Å². The summed E-state index contributed by atoms with van der Waals surface area (Å²) in [6, 6.07) is 5.96. The lowest BCUT2D eigenvalue weighted by atomic mass is 10.1. The van der Waals surface area contributed by atoms with Crippen LogP contribution in [-0.2, 0) is 11.3 Å². The Bertz CT molecular complexity index is 449. The minimum Gasteiger partial charge on any atom is -0.361 e. The van der Waals surface area contributed by atoms with Gasteiger partial charge in [-0.1, -0.05) is 23.7 Å². The predicted molar refractivity (Wildman–Crippen MR) is 85.4 cm³/mol. The number of para-hydroxylation sites is 1. The number of hydrogen-bond acceptors (Lipinski definition) is 3. The Kier molecular flexibility index (Phi) is 6.82. The van der Waals surface area contributed by atoms with Gasteiger partial charge < -0.3 is 15.5 Å². The molecule has 112 valence electrons. The molecule has 0 aromatic heterocycles. The maximum absolute atomic E-state index is 12.0. The number of benzene rings is 1. The fraction of sp³-hybridized carbons (Fsp3) is 0.533. The number of likely N-dealkylation sites (N-methyl/N-ethyl adjacent to an activating group) is 1. The van der Waals surface area contributed by atoms with Gasteiger partial charge in [-0.25, -0.2) is 0 Å². The smallest absolute Gasteiger partial charge is 0.239 e. The second-order valence-electron chi connectivity index (χ2n) is 5.01. The molecule has 5 heteroatoms. The monoisotopic (exact) mass is 297 g/mol. The van der Waals surface area contributed by atoms with Gasteiger partial charge in [0, 0.05) is 19.1 Å². The summed E-state index contributed by atoms with van der Waals surface area (Å²) >= 11 is 6.33. The fourth-order valence-corrected chi connectivity index (χ4v) is 2.45. The predicted octanol–water partition coefficient (Wildman–Crippen LogP) is 2.41. The Morgan fingerprint density at radius 2 is 2.10 bits per heavy atom. The molecule has 0 aliphatic carbocycles. The number of halogens is 1. The van der Waals surface area contributed by atoms with Gasteiger partial charge in [0.2, 0.25) is 5.91 Å². The summed E-state index contributed by atoms with van der Waals surface area (Å²) in [5.41, 5.74) is 2.03. The van der Waals surface area contributed by atoms with E-state index in [9.17, 15) is 4.79 Å². The molecule has 2 N–H and O–H groups in total. The number of nitrogens with one attached hydrogen (secondary N) is 2. The van der Waals surface area contributed by atoms with E-state index >= 15 is 0 Å². The first-order valence-corrected chi connectivity index (χ1v) is 7.33. The first-order valence-electron chi connectivity index (χ1n) is 6.95. The van der Waals surface area contributed by atoms with Crippen LogP contribution < -0.4 is 15.5 Å². The van der Waals surface area contributed by atoms with Crippen molar-refractivity contribution in [2.24, 2.45) is 0 Å². The molecule has 0 aliphatic rings. The summed E-state index contributed by atoms with van der Waals surface area (Å²) in [7, 11) is 1.90. The summed E-state index contributed by atoms with van der Waals surface area (Å²) in [6.07, 6.45) is 0. The van der Waals surface area contributed by atoms with Crippen molar-refractivity contribution < 1.29 is 4.79 Å². The largest absolute Gasteiger partial charge is 0.361 e. The highest BCUT2D eigenvalue weighted by atomic mass is 35.5. The second kappa shape index (κ2) is 8.12. The molecular weight excluding hydrogens is 274 g/mol. The average molecular weight is 298 g/mol. The lowest BCUT2D eigenvalue weighted by Crippen LogP contribution is -2.40. The van der Waals surface area contributed by atoms with Gasteiger partial charge in [-0.3, -0.25) is 4.79 Å². The number of nitrogens with zero attached hydrogens (tertiary/aromatic N) is 1. The van der Waals surface area contributed by atoms with E-state index in [-0.39, 0.29) is 11.9 Å². The molecule has 1 aromatic rings. The number of hydrogen-bond donors (Lipinski definition) is 2. The van der Waals surface area contributed by atoms with Crippen molar-refractivity contribution in [1.82, 2.24) is 10.6 Å². The lowest BCUT2D eigenvalue weighted by Gasteiger charge is -2.26. The van der Waals surface area contributed by atoms with Crippen molar-refractivity contribution in [3.63, 3.8) is 0 Å². The third-order valence-corrected chi connectivity index (χ3v) is 3.22. The van der Waals surface area contributed by atoms with Crippen LogP contribution in [0.5, 0.6) is 0 Å². The van der Waals surface area contributed by atoms with Crippen molar-refractivity contribution in [2.45, 2.75) is 33.4 Å². The van der Waals surface area contributed by atoms with Crippen molar-refractivity contribution >= 4 is 23.2 Å². The molecule has 0 atom stereocenters. The van der Waals surface area contributed by atoms with Crippen LogP contribution in [-0.4, -0.2) is 32.1 Å². The maximum Gasteiger partial charge on any atom is 0.239 e. The Morgan fingerprint density at radius 1 is 1.40 bits per heavy atom. The average Bonchev–Trinajstić information content (AvgIpc) is 2.36.